The molecule has 0 radical (unpaired) electrons. The van der Waals surface area contributed by atoms with Gasteiger partial charge in [-0.2, -0.15) is 0 Å². The van der Waals surface area contributed by atoms with E-state index in [1.807, 2.05) is 54.6 Å². The van der Waals surface area contributed by atoms with Crippen molar-refractivity contribution < 1.29 is 14.3 Å². The molecule has 0 aliphatic carbocycles. The number of pyridine rings is 1. The molecule has 5 heteroatoms. The van der Waals surface area contributed by atoms with Crippen molar-refractivity contribution in [3.05, 3.63) is 100.0 Å². The monoisotopic (exact) mass is 405 g/mol. The number of hydrogen-bond donors (Lipinski definition) is 0. The molecule has 2 aromatic carbocycles. The molecule has 3 rings (SSSR count). The first-order valence-corrected chi connectivity index (χ1v) is 10.0. The number of benzene rings is 2. The maximum Gasteiger partial charge on any atom is 0.344 e. The standard InChI is InChI=1S/C25H27NO4/c1-25(2,3)30-24(28)21-13-9-16-26(23(21)27)17-15-20-12-7-8-14-22(20)29-18-19-10-5-4-6-11-19/h4-14,16H,15,17-18H2,1-3H3. The van der Waals surface area contributed by atoms with Crippen molar-refractivity contribution in [2.75, 3.05) is 0 Å². The van der Waals surface area contributed by atoms with Crippen LogP contribution in [-0.4, -0.2) is 16.1 Å². The van der Waals surface area contributed by atoms with Gasteiger partial charge in [0.05, 0.1) is 0 Å². The number of rotatable bonds is 7. The molecule has 0 spiro atoms. The van der Waals surface area contributed by atoms with Crippen LogP contribution in [0.4, 0.5) is 0 Å². The number of nitrogens with zero attached hydrogens (tertiary/aromatic N) is 1. The smallest absolute Gasteiger partial charge is 0.344 e. The van der Waals surface area contributed by atoms with Gasteiger partial charge in [0.15, 0.2) is 0 Å². The van der Waals surface area contributed by atoms with E-state index in [1.54, 1.807) is 33.0 Å². The van der Waals surface area contributed by atoms with Crippen molar-refractivity contribution in [3.63, 3.8) is 0 Å². The number of hydrogen-bond acceptors (Lipinski definition) is 4. The van der Waals surface area contributed by atoms with E-state index in [4.69, 9.17) is 9.47 Å². The number of aromatic nitrogens is 1. The summed E-state index contributed by atoms with van der Waals surface area (Å²) in [5, 5.41) is 0. The van der Waals surface area contributed by atoms with Gasteiger partial charge in [0.25, 0.3) is 5.56 Å². The fourth-order valence-corrected chi connectivity index (χ4v) is 3.03. The second-order valence-corrected chi connectivity index (χ2v) is 8.05. The molecule has 0 atom stereocenters. The zero-order valence-electron chi connectivity index (χ0n) is 17.6. The summed E-state index contributed by atoms with van der Waals surface area (Å²) in [6, 6.07) is 21.0. The average Bonchev–Trinajstić information content (AvgIpc) is 2.71. The number of esters is 1. The Morgan fingerprint density at radius 3 is 2.37 bits per heavy atom. The van der Waals surface area contributed by atoms with Crippen molar-refractivity contribution in [1.82, 2.24) is 4.57 Å². The van der Waals surface area contributed by atoms with Crippen molar-refractivity contribution in [2.24, 2.45) is 0 Å². The van der Waals surface area contributed by atoms with Crippen LogP contribution in [0.25, 0.3) is 0 Å². The molecule has 0 N–H and O–H groups in total. The van der Waals surface area contributed by atoms with E-state index in [2.05, 4.69) is 0 Å². The van der Waals surface area contributed by atoms with Crippen molar-refractivity contribution in [3.8, 4) is 5.75 Å². The Hall–Kier alpha value is -3.34. The summed E-state index contributed by atoms with van der Waals surface area (Å²) >= 11 is 0. The number of carbonyl (C=O) groups excluding carboxylic acids is 1. The van der Waals surface area contributed by atoms with Gasteiger partial charge in [-0.3, -0.25) is 4.79 Å². The summed E-state index contributed by atoms with van der Waals surface area (Å²) in [4.78, 5) is 25.1. The fraction of sp³-hybridized carbons (Fsp3) is 0.280. The third kappa shape index (κ3) is 5.83. The molecule has 0 saturated heterocycles. The van der Waals surface area contributed by atoms with Crippen LogP contribution in [0.15, 0.2) is 77.7 Å². The minimum atomic E-state index is -0.654. The summed E-state index contributed by atoms with van der Waals surface area (Å²) < 4.78 is 12.9. The van der Waals surface area contributed by atoms with Crippen LogP contribution in [0.2, 0.25) is 0 Å². The molecule has 156 valence electrons. The second kappa shape index (κ2) is 9.44. The number of para-hydroxylation sites is 1. The van der Waals surface area contributed by atoms with Gasteiger partial charge in [0.2, 0.25) is 0 Å². The van der Waals surface area contributed by atoms with E-state index in [9.17, 15) is 9.59 Å². The van der Waals surface area contributed by atoms with Gasteiger partial charge < -0.3 is 14.0 Å². The summed E-state index contributed by atoms with van der Waals surface area (Å²) in [7, 11) is 0. The lowest BCUT2D eigenvalue weighted by molar-refractivity contribution is 0.00668. The highest BCUT2D eigenvalue weighted by Crippen LogP contribution is 2.20. The third-order valence-electron chi connectivity index (χ3n) is 4.47. The minimum absolute atomic E-state index is 0.0426. The lowest BCUT2D eigenvalue weighted by Crippen LogP contribution is -2.31. The largest absolute Gasteiger partial charge is 0.489 e. The van der Waals surface area contributed by atoms with Crippen molar-refractivity contribution in [2.45, 2.75) is 45.9 Å². The Morgan fingerprint density at radius 1 is 0.933 bits per heavy atom. The Balaban J connectivity index is 1.71. The zero-order chi connectivity index (χ0) is 21.6. The van der Waals surface area contributed by atoms with Crippen LogP contribution in [0.5, 0.6) is 5.75 Å². The second-order valence-electron chi connectivity index (χ2n) is 8.05. The van der Waals surface area contributed by atoms with Crippen molar-refractivity contribution >= 4 is 5.97 Å². The Labute approximate surface area is 176 Å². The molecule has 0 amide bonds. The van der Waals surface area contributed by atoms with E-state index in [0.717, 1.165) is 16.9 Å². The highest BCUT2D eigenvalue weighted by molar-refractivity contribution is 5.89. The first-order valence-electron chi connectivity index (χ1n) is 10.0. The van der Waals surface area contributed by atoms with Gasteiger partial charge in [-0.1, -0.05) is 48.5 Å². The predicted octanol–water partition coefficient (Wildman–Crippen LogP) is 4.63. The van der Waals surface area contributed by atoms with E-state index in [1.165, 1.54) is 10.6 Å². The predicted molar refractivity (Wildman–Crippen MR) is 117 cm³/mol. The molecule has 0 saturated carbocycles. The molecule has 5 nitrogen and oxygen atoms in total. The van der Waals surface area contributed by atoms with E-state index < -0.39 is 11.6 Å². The Kier molecular flexibility index (Phi) is 6.72. The quantitative estimate of drug-likeness (QED) is 0.538. The van der Waals surface area contributed by atoms with Crippen LogP contribution in [-0.2, 0) is 24.3 Å². The van der Waals surface area contributed by atoms with Crippen LogP contribution < -0.4 is 10.3 Å². The Bertz CT molecular complexity index is 1050. The summed E-state index contributed by atoms with van der Waals surface area (Å²) in [6.45, 7) is 6.24. The van der Waals surface area contributed by atoms with Gasteiger partial charge in [-0.15, -0.1) is 0 Å². The summed E-state index contributed by atoms with van der Waals surface area (Å²) in [5.41, 5.74) is 1.13. The van der Waals surface area contributed by atoms with Gasteiger partial charge in [-0.05, 0) is 56.5 Å². The topological polar surface area (TPSA) is 57.5 Å². The minimum Gasteiger partial charge on any atom is -0.489 e. The molecular weight excluding hydrogens is 378 g/mol. The van der Waals surface area contributed by atoms with E-state index >= 15 is 0 Å². The van der Waals surface area contributed by atoms with Crippen LogP contribution in [0.1, 0.15) is 42.3 Å². The first kappa shape index (κ1) is 21.4. The number of aryl methyl sites for hydroxylation is 2. The van der Waals surface area contributed by atoms with Gasteiger partial charge in [0.1, 0.15) is 23.5 Å². The molecule has 1 aromatic heterocycles. The molecule has 30 heavy (non-hydrogen) atoms. The van der Waals surface area contributed by atoms with Crippen LogP contribution >= 0.6 is 0 Å². The van der Waals surface area contributed by atoms with E-state index in [-0.39, 0.29) is 11.1 Å². The van der Waals surface area contributed by atoms with Gasteiger partial charge in [-0.25, -0.2) is 4.79 Å². The van der Waals surface area contributed by atoms with Gasteiger partial charge >= 0.3 is 5.97 Å². The first-order chi connectivity index (χ1) is 14.3. The molecule has 0 fully saturated rings. The molecule has 0 aliphatic heterocycles. The van der Waals surface area contributed by atoms with Crippen molar-refractivity contribution in [1.29, 1.82) is 0 Å². The number of ether oxygens (including phenoxy) is 2. The number of carbonyl (C=O) groups is 1. The average molecular weight is 405 g/mol. The maximum absolute atomic E-state index is 12.7. The van der Waals surface area contributed by atoms with E-state index in [0.29, 0.717) is 19.6 Å². The Morgan fingerprint density at radius 2 is 1.63 bits per heavy atom. The summed E-state index contributed by atoms with van der Waals surface area (Å²) in [6.07, 6.45) is 2.28. The molecule has 0 unspecified atom stereocenters. The van der Waals surface area contributed by atoms with Gasteiger partial charge in [0, 0.05) is 12.7 Å². The normalized spacial score (nSPS) is 11.2. The SMILES string of the molecule is CC(C)(C)OC(=O)c1cccn(CCc2ccccc2OCc2ccccc2)c1=O. The maximum atomic E-state index is 12.7. The zero-order valence-corrected chi connectivity index (χ0v) is 17.6. The summed E-state index contributed by atoms with van der Waals surface area (Å²) in [5.74, 6) is 0.186. The lowest BCUT2D eigenvalue weighted by Gasteiger charge is -2.19. The third-order valence-corrected chi connectivity index (χ3v) is 4.47. The molecule has 0 aliphatic rings. The molecular formula is C25H27NO4. The molecule has 3 aromatic rings. The molecule has 0 bridgehead atoms. The lowest BCUT2D eigenvalue weighted by atomic mass is 10.1. The van der Waals surface area contributed by atoms with Crippen LogP contribution in [0.3, 0.4) is 0 Å². The molecule has 1 heterocycles. The highest BCUT2D eigenvalue weighted by atomic mass is 16.6. The van der Waals surface area contributed by atoms with Crippen LogP contribution in [0, 0.1) is 0 Å². The fourth-order valence-electron chi connectivity index (χ4n) is 3.03. The highest BCUT2D eigenvalue weighted by Gasteiger charge is 2.20.